The Morgan fingerprint density at radius 2 is 2.21 bits per heavy atom. The molecule has 1 aromatic rings. The monoisotopic (exact) mass is 285 g/mol. The van der Waals surface area contributed by atoms with Crippen LogP contribution >= 0.6 is 11.5 Å². The molecule has 0 radical (unpaired) electrons. The molecular formula is C12H23N5OS. The molecule has 1 heterocycles. The van der Waals surface area contributed by atoms with E-state index in [9.17, 15) is 4.79 Å². The predicted octanol–water partition coefficient (Wildman–Crippen LogP) is 1.32. The van der Waals surface area contributed by atoms with Gasteiger partial charge >= 0.3 is 0 Å². The van der Waals surface area contributed by atoms with Crippen molar-refractivity contribution < 1.29 is 4.79 Å². The zero-order valence-corrected chi connectivity index (χ0v) is 12.9. The summed E-state index contributed by atoms with van der Waals surface area (Å²) in [6, 6.07) is 0.170. The van der Waals surface area contributed by atoms with Gasteiger partial charge in [0.2, 0.25) is 5.91 Å². The number of anilines is 1. The van der Waals surface area contributed by atoms with Gasteiger partial charge in [0, 0.05) is 30.7 Å². The third-order valence-corrected chi connectivity index (χ3v) is 3.10. The maximum atomic E-state index is 11.6. The summed E-state index contributed by atoms with van der Waals surface area (Å²) in [4.78, 5) is 13.6. The summed E-state index contributed by atoms with van der Waals surface area (Å²) in [7, 11) is 1.91. The van der Waals surface area contributed by atoms with Crippen LogP contribution in [-0.2, 0) is 11.3 Å². The van der Waals surface area contributed by atoms with Crippen molar-refractivity contribution in [2.75, 3.05) is 25.5 Å². The smallest absolute Gasteiger partial charge is 0.234 e. The molecule has 1 aromatic heterocycles. The summed E-state index contributed by atoms with van der Waals surface area (Å²) in [5.41, 5.74) is 0.901. The Balaban J connectivity index is 2.45. The van der Waals surface area contributed by atoms with Crippen LogP contribution in [0.4, 0.5) is 5.00 Å². The van der Waals surface area contributed by atoms with Crippen molar-refractivity contribution >= 4 is 22.4 Å². The number of carbonyl (C=O) groups is 1. The number of aromatic nitrogens is 2. The van der Waals surface area contributed by atoms with Crippen molar-refractivity contribution in [2.24, 2.45) is 0 Å². The zero-order chi connectivity index (χ0) is 14.3. The van der Waals surface area contributed by atoms with Gasteiger partial charge in [-0.15, -0.1) is 5.10 Å². The number of hydrogen-bond donors (Lipinski definition) is 2. The molecule has 0 unspecified atom stereocenters. The molecule has 108 valence electrons. The standard InChI is InChI=1S/C12H23N5OS/c1-5-6-13-12-10(15-16-19-12)7-17(4)8-11(18)14-9(2)3/h9,13H,5-8H2,1-4H3,(H,14,18). The number of carbonyl (C=O) groups excluding carboxylic acids is 1. The van der Waals surface area contributed by atoms with Gasteiger partial charge in [-0.25, -0.2) is 0 Å². The highest BCUT2D eigenvalue weighted by atomic mass is 32.1. The lowest BCUT2D eigenvalue weighted by Gasteiger charge is -2.16. The molecule has 0 aliphatic heterocycles. The molecule has 1 amide bonds. The Kier molecular flexibility index (Phi) is 6.72. The number of nitrogens with zero attached hydrogens (tertiary/aromatic N) is 3. The molecular weight excluding hydrogens is 262 g/mol. The number of nitrogens with one attached hydrogen (secondary N) is 2. The number of likely N-dealkylation sites (N-methyl/N-ethyl adjacent to an activating group) is 1. The molecule has 1 rings (SSSR count). The topological polar surface area (TPSA) is 70.2 Å². The third kappa shape index (κ3) is 5.98. The summed E-state index contributed by atoms with van der Waals surface area (Å²) in [5.74, 6) is 0.0313. The minimum Gasteiger partial charge on any atom is -0.374 e. The molecule has 0 spiro atoms. The number of hydrogen-bond acceptors (Lipinski definition) is 6. The number of rotatable bonds is 8. The lowest BCUT2D eigenvalue weighted by Crippen LogP contribution is -2.38. The van der Waals surface area contributed by atoms with Crippen LogP contribution in [0.5, 0.6) is 0 Å². The van der Waals surface area contributed by atoms with Crippen molar-refractivity contribution in [1.29, 1.82) is 0 Å². The highest BCUT2D eigenvalue weighted by molar-refractivity contribution is 7.10. The van der Waals surface area contributed by atoms with Crippen LogP contribution in [0.1, 0.15) is 32.9 Å². The van der Waals surface area contributed by atoms with Gasteiger partial charge in [-0.2, -0.15) is 0 Å². The van der Waals surface area contributed by atoms with E-state index >= 15 is 0 Å². The molecule has 19 heavy (non-hydrogen) atoms. The van der Waals surface area contributed by atoms with E-state index < -0.39 is 0 Å². The first-order chi connectivity index (χ1) is 9.02. The Morgan fingerprint density at radius 3 is 2.84 bits per heavy atom. The van der Waals surface area contributed by atoms with Crippen molar-refractivity contribution in [3.8, 4) is 0 Å². The van der Waals surface area contributed by atoms with E-state index in [-0.39, 0.29) is 11.9 Å². The van der Waals surface area contributed by atoms with Crippen LogP contribution in [0.3, 0.4) is 0 Å². The molecule has 0 aliphatic rings. The molecule has 0 aliphatic carbocycles. The zero-order valence-electron chi connectivity index (χ0n) is 12.1. The minimum absolute atomic E-state index is 0.0313. The second-order valence-electron chi connectivity index (χ2n) is 4.87. The van der Waals surface area contributed by atoms with Gasteiger partial charge in [0.15, 0.2) is 0 Å². The lowest BCUT2D eigenvalue weighted by atomic mass is 10.3. The van der Waals surface area contributed by atoms with Crippen LogP contribution in [-0.4, -0.2) is 46.6 Å². The van der Waals surface area contributed by atoms with E-state index in [2.05, 4.69) is 27.1 Å². The van der Waals surface area contributed by atoms with Crippen LogP contribution < -0.4 is 10.6 Å². The van der Waals surface area contributed by atoms with E-state index in [0.29, 0.717) is 13.1 Å². The Bertz CT molecular complexity index is 393. The predicted molar refractivity (Wildman–Crippen MR) is 78.3 cm³/mol. The second-order valence-corrected chi connectivity index (χ2v) is 5.62. The third-order valence-electron chi connectivity index (χ3n) is 2.37. The van der Waals surface area contributed by atoms with E-state index in [1.165, 1.54) is 11.5 Å². The van der Waals surface area contributed by atoms with Gasteiger partial charge in [-0.3, -0.25) is 9.69 Å². The molecule has 6 nitrogen and oxygen atoms in total. The SMILES string of the molecule is CCCNc1snnc1CN(C)CC(=O)NC(C)C. The quantitative estimate of drug-likeness (QED) is 0.754. The van der Waals surface area contributed by atoms with Gasteiger partial charge in [0.05, 0.1) is 6.54 Å². The Labute approximate surface area is 118 Å². The van der Waals surface area contributed by atoms with E-state index in [4.69, 9.17) is 0 Å². The fraction of sp³-hybridized carbons (Fsp3) is 0.750. The molecule has 0 atom stereocenters. The number of amides is 1. The first-order valence-electron chi connectivity index (χ1n) is 6.56. The van der Waals surface area contributed by atoms with E-state index in [1.807, 2.05) is 25.8 Å². The van der Waals surface area contributed by atoms with Gasteiger partial charge in [-0.05, 0) is 27.3 Å². The average molecular weight is 285 g/mol. The van der Waals surface area contributed by atoms with Gasteiger partial charge in [0.1, 0.15) is 10.7 Å². The van der Waals surface area contributed by atoms with Crippen molar-refractivity contribution in [3.63, 3.8) is 0 Å². The van der Waals surface area contributed by atoms with Crippen LogP contribution in [0.15, 0.2) is 0 Å². The molecule has 0 saturated heterocycles. The summed E-state index contributed by atoms with van der Waals surface area (Å²) >= 11 is 1.36. The largest absolute Gasteiger partial charge is 0.374 e. The van der Waals surface area contributed by atoms with Crippen LogP contribution in [0, 0.1) is 0 Å². The molecule has 0 aromatic carbocycles. The summed E-state index contributed by atoms with van der Waals surface area (Å²) < 4.78 is 3.96. The van der Waals surface area contributed by atoms with Gasteiger partial charge < -0.3 is 10.6 Å². The van der Waals surface area contributed by atoms with Crippen molar-refractivity contribution in [1.82, 2.24) is 19.8 Å². The van der Waals surface area contributed by atoms with Crippen LogP contribution in [0.25, 0.3) is 0 Å². The van der Waals surface area contributed by atoms with Crippen LogP contribution in [0.2, 0.25) is 0 Å². The first-order valence-corrected chi connectivity index (χ1v) is 7.33. The fourth-order valence-electron chi connectivity index (χ4n) is 1.61. The highest BCUT2D eigenvalue weighted by Gasteiger charge is 2.13. The highest BCUT2D eigenvalue weighted by Crippen LogP contribution is 2.18. The van der Waals surface area contributed by atoms with Crippen molar-refractivity contribution in [3.05, 3.63) is 5.69 Å². The maximum Gasteiger partial charge on any atom is 0.234 e. The van der Waals surface area contributed by atoms with Gasteiger partial charge in [-0.1, -0.05) is 11.4 Å². The lowest BCUT2D eigenvalue weighted by molar-refractivity contribution is -0.122. The Morgan fingerprint density at radius 1 is 1.47 bits per heavy atom. The Hall–Kier alpha value is -1.21. The van der Waals surface area contributed by atoms with Crippen molar-refractivity contribution in [2.45, 2.75) is 39.8 Å². The average Bonchev–Trinajstić information content (AvgIpc) is 2.72. The molecule has 0 bridgehead atoms. The summed E-state index contributed by atoms with van der Waals surface area (Å²) in [5, 5.41) is 11.3. The van der Waals surface area contributed by atoms with E-state index in [1.54, 1.807) is 0 Å². The van der Waals surface area contributed by atoms with Gasteiger partial charge in [0.25, 0.3) is 0 Å². The second kappa shape index (κ2) is 8.06. The molecule has 0 fully saturated rings. The fourth-order valence-corrected chi connectivity index (χ4v) is 2.21. The maximum absolute atomic E-state index is 11.6. The summed E-state index contributed by atoms with van der Waals surface area (Å²) in [6.45, 7) is 7.92. The molecule has 7 heteroatoms. The summed E-state index contributed by atoms with van der Waals surface area (Å²) in [6.07, 6.45) is 1.06. The normalized spacial score (nSPS) is 11.1. The molecule has 0 saturated carbocycles. The minimum atomic E-state index is 0.0313. The van der Waals surface area contributed by atoms with E-state index in [0.717, 1.165) is 23.7 Å². The first kappa shape index (κ1) is 15.8. The molecule has 2 N–H and O–H groups in total.